The van der Waals surface area contributed by atoms with Crippen molar-refractivity contribution in [3.63, 3.8) is 0 Å². The number of carbonyl (C=O) groups excluding carboxylic acids is 1. The lowest BCUT2D eigenvalue weighted by Crippen LogP contribution is -2.23. The number of ether oxygens (including phenoxy) is 1. The highest BCUT2D eigenvalue weighted by molar-refractivity contribution is 5.93. The zero-order valence-corrected chi connectivity index (χ0v) is 11.6. The first kappa shape index (κ1) is 16.4. The summed E-state index contributed by atoms with van der Waals surface area (Å²) in [6, 6.07) is 0. The number of hydrogen-bond acceptors (Lipinski definition) is 4. The number of hydrogen-bond donors (Lipinski definition) is 2. The third-order valence-electron chi connectivity index (χ3n) is 2.45. The molecule has 1 aromatic heterocycles. The van der Waals surface area contributed by atoms with Gasteiger partial charge < -0.3 is 10.5 Å². The number of nitrogens with one attached hydrogen (secondary N) is 1. The van der Waals surface area contributed by atoms with Crippen molar-refractivity contribution in [3.05, 3.63) is 17.0 Å². The Morgan fingerprint density at radius 2 is 2.11 bits per heavy atom. The second kappa shape index (κ2) is 7.00. The van der Waals surface area contributed by atoms with Crippen LogP contribution < -0.4 is 5.73 Å². The molecule has 0 bridgehead atoms. The average molecular weight is 275 g/mol. The average Bonchev–Trinajstić information content (AvgIpc) is 2.54. The van der Waals surface area contributed by atoms with E-state index in [1.807, 2.05) is 6.92 Å². The van der Waals surface area contributed by atoms with Gasteiger partial charge in [0.15, 0.2) is 0 Å². The minimum Gasteiger partial charge on any atom is -0.462 e. The van der Waals surface area contributed by atoms with Crippen molar-refractivity contribution in [2.45, 2.75) is 33.6 Å². The predicted molar refractivity (Wildman–Crippen MR) is 71.5 cm³/mol. The molecule has 0 saturated heterocycles. The number of rotatable bonds is 4. The van der Waals surface area contributed by atoms with Gasteiger partial charge in [-0.15, -0.1) is 12.4 Å². The monoisotopic (exact) mass is 274 g/mol. The Hall–Kier alpha value is -1.56. The molecule has 0 amide bonds. The lowest BCUT2D eigenvalue weighted by atomic mass is 10.2. The summed E-state index contributed by atoms with van der Waals surface area (Å²) in [4.78, 5) is 11.8. The topological polar surface area (TPSA) is 94.0 Å². The minimum absolute atomic E-state index is 0. The zero-order chi connectivity index (χ0) is 13.0. The summed E-state index contributed by atoms with van der Waals surface area (Å²) < 4.78 is 6.35. The van der Waals surface area contributed by atoms with Gasteiger partial charge in [-0.3, -0.25) is 5.41 Å². The van der Waals surface area contributed by atoms with Crippen molar-refractivity contribution < 1.29 is 9.53 Å². The fourth-order valence-electron chi connectivity index (χ4n) is 1.55. The van der Waals surface area contributed by atoms with E-state index >= 15 is 0 Å². The quantitative estimate of drug-likeness (QED) is 0.377. The molecular weight excluding hydrogens is 256 g/mol. The number of nitrogens with zero attached hydrogens (tertiary/aromatic N) is 2. The highest BCUT2D eigenvalue weighted by atomic mass is 35.5. The zero-order valence-electron chi connectivity index (χ0n) is 10.8. The molecule has 3 N–H and O–H groups in total. The molecule has 0 fully saturated rings. The number of carbonyl (C=O) groups is 1. The molecule has 0 radical (unpaired) electrons. The van der Waals surface area contributed by atoms with Crippen LogP contribution in [0.25, 0.3) is 0 Å². The third kappa shape index (κ3) is 3.46. The molecule has 0 aromatic carbocycles. The van der Waals surface area contributed by atoms with E-state index in [1.54, 1.807) is 13.8 Å². The fourth-order valence-corrected chi connectivity index (χ4v) is 1.55. The molecule has 0 aliphatic rings. The standard InChI is InChI=1S/C11H18N4O2.ClH/c1-4-5-6-17-10(16)9-7(2)14-15(8(9)3)11(12)13;/h4-6H2,1-3H3,(H3,12,13);1H. The summed E-state index contributed by atoms with van der Waals surface area (Å²) in [7, 11) is 0. The molecule has 102 valence electrons. The molecule has 1 heterocycles. The van der Waals surface area contributed by atoms with Crippen LogP contribution in [0.2, 0.25) is 0 Å². The van der Waals surface area contributed by atoms with Gasteiger partial charge in [0.05, 0.1) is 18.0 Å². The molecule has 7 heteroatoms. The lowest BCUT2D eigenvalue weighted by Gasteiger charge is -2.04. The molecular formula is C11H19ClN4O2. The summed E-state index contributed by atoms with van der Waals surface area (Å²) in [6.45, 7) is 5.82. The molecule has 0 aliphatic heterocycles. The van der Waals surface area contributed by atoms with Gasteiger partial charge in [0, 0.05) is 0 Å². The third-order valence-corrected chi connectivity index (χ3v) is 2.45. The first-order valence-electron chi connectivity index (χ1n) is 5.56. The van der Waals surface area contributed by atoms with Crippen molar-refractivity contribution in [1.29, 1.82) is 5.41 Å². The van der Waals surface area contributed by atoms with Crippen molar-refractivity contribution in [3.8, 4) is 0 Å². The number of unbranched alkanes of at least 4 members (excludes halogenated alkanes) is 1. The summed E-state index contributed by atoms with van der Waals surface area (Å²) in [6.07, 6.45) is 1.81. The Labute approximate surface area is 112 Å². The normalized spacial score (nSPS) is 9.72. The van der Waals surface area contributed by atoms with Crippen LogP contribution in [0.4, 0.5) is 0 Å². The van der Waals surface area contributed by atoms with Gasteiger partial charge in [0.25, 0.3) is 0 Å². The minimum atomic E-state index is -0.402. The Balaban J connectivity index is 0.00000289. The first-order valence-corrected chi connectivity index (χ1v) is 5.56. The van der Waals surface area contributed by atoms with Crippen molar-refractivity contribution in [2.24, 2.45) is 5.73 Å². The maximum atomic E-state index is 11.8. The van der Waals surface area contributed by atoms with E-state index in [1.165, 1.54) is 4.68 Å². The Morgan fingerprint density at radius 1 is 1.50 bits per heavy atom. The van der Waals surface area contributed by atoms with Crippen LogP contribution in [-0.2, 0) is 4.74 Å². The van der Waals surface area contributed by atoms with E-state index < -0.39 is 5.97 Å². The highest BCUT2D eigenvalue weighted by Gasteiger charge is 2.20. The van der Waals surface area contributed by atoms with E-state index in [0.717, 1.165) is 12.8 Å². The van der Waals surface area contributed by atoms with E-state index in [2.05, 4.69) is 5.10 Å². The van der Waals surface area contributed by atoms with Crippen LogP contribution in [0.1, 0.15) is 41.5 Å². The predicted octanol–water partition coefficient (Wildman–Crippen LogP) is 1.62. The van der Waals surface area contributed by atoms with Crippen LogP contribution in [0.3, 0.4) is 0 Å². The van der Waals surface area contributed by atoms with Gasteiger partial charge in [-0.2, -0.15) is 5.10 Å². The van der Waals surface area contributed by atoms with Gasteiger partial charge in [0.2, 0.25) is 5.96 Å². The number of esters is 1. The van der Waals surface area contributed by atoms with Crippen LogP contribution in [0.15, 0.2) is 0 Å². The van der Waals surface area contributed by atoms with Crippen LogP contribution in [0.5, 0.6) is 0 Å². The molecule has 0 unspecified atom stereocenters. The summed E-state index contributed by atoms with van der Waals surface area (Å²) in [5.74, 6) is -0.612. The van der Waals surface area contributed by atoms with E-state index in [9.17, 15) is 4.79 Å². The number of nitrogens with two attached hydrogens (primary N) is 1. The Kier molecular flexibility index (Phi) is 6.40. The molecule has 18 heavy (non-hydrogen) atoms. The SMILES string of the molecule is CCCCOC(=O)c1c(C)nn(C(=N)N)c1C.Cl. The molecule has 6 nitrogen and oxygen atoms in total. The van der Waals surface area contributed by atoms with Gasteiger partial charge in [-0.1, -0.05) is 13.3 Å². The van der Waals surface area contributed by atoms with E-state index in [4.69, 9.17) is 15.9 Å². The van der Waals surface area contributed by atoms with Crippen molar-refractivity contribution in [2.75, 3.05) is 6.61 Å². The summed E-state index contributed by atoms with van der Waals surface area (Å²) in [5, 5.41) is 11.3. The second-order valence-corrected chi connectivity index (χ2v) is 3.83. The van der Waals surface area contributed by atoms with Crippen molar-refractivity contribution >= 4 is 24.3 Å². The summed E-state index contributed by atoms with van der Waals surface area (Å²) in [5.41, 5.74) is 6.82. The molecule has 1 rings (SSSR count). The molecule has 1 aromatic rings. The lowest BCUT2D eigenvalue weighted by molar-refractivity contribution is 0.0498. The first-order chi connectivity index (χ1) is 7.99. The van der Waals surface area contributed by atoms with Crippen LogP contribution in [0, 0.1) is 19.3 Å². The van der Waals surface area contributed by atoms with Gasteiger partial charge in [0.1, 0.15) is 5.56 Å². The number of nitrogen functional groups attached to an aromatic ring is 1. The molecule has 0 atom stereocenters. The smallest absolute Gasteiger partial charge is 0.341 e. The Bertz CT molecular complexity index is 442. The summed E-state index contributed by atoms with van der Waals surface area (Å²) >= 11 is 0. The maximum Gasteiger partial charge on any atom is 0.341 e. The maximum absolute atomic E-state index is 11.8. The van der Waals surface area contributed by atoms with Gasteiger partial charge >= 0.3 is 5.97 Å². The fraction of sp³-hybridized carbons (Fsp3) is 0.545. The Morgan fingerprint density at radius 3 is 2.56 bits per heavy atom. The number of aryl methyl sites for hydroxylation is 1. The number of halogens is 1. The van der Waals surface area contributed by atoms with Gasteiger partial charge in [-0.25, -0.2) is 9.48 Å². The van der Waals surface area contributed by atoms with E-state index in [-0.39, 0.29) is 18.4 Å². The van der Waals surface area contributed by atoms with Crippen molar-refractivity contribution in [1.82, 2.24) is 9.78 Å². The van der Waals surface area contributed by atoms with Gasteiger partial charge in [-0.05, 0) is 20.3 Å². The number of aromatic nitrogens is 2. The highest BCUT2D eigenvalue weighted by Crippen LogP contribution is 2.14. The molecule has 0 spiro atoms. The molecule has 0 saturated carbocycles. The van der Waals surface area contributed by atoms with Crippen LogP contribution in [-0.4, -0.2) is 28.3 Å². The molecule has 0 aliphatic carbocycles. The largest absolute Gasteiger partial charge is 0.462 e. The van der Waals surface area contributed by atoms with Crippen LogP contribution >= 0.6 is 12.4 Å². The second-order valence-electron chi connectivity index (χ2n) is 3.83. The van der Waals surface area contributed by atoms with E-state index in [0.29, 0.717) is 23.6 Å².